The van der Waals surface area contributed by atoms with E-state index < -0.39 is 54.5 Å². The minimum atomic E-state index is -1.29. The standard InChI is InChI=1S/C19H34N4O6/c1-10(2)8-12(20)16(25)22-15(11(3)4)17(26)21-13(9-24)18(27)23-7-5-6-14(23)19(28)29/h10-15,24H,5-9,20H2,1-4H3,(H,21,26)(H,22,25)(H,28,29). The highest BCUT2D eigenvalue weighted by Crippen LogP contribution is 2.18. The second-order valence-corrected chi connectivity index (χ2v) is 8.24. The molecule has 4 unspecified atom stereocenters. The summed E-state index contributed by atoms with van der Waals surface area (Å²) >= 11 is 0. The van der Waals surface area contributed by atoms with Crippen LogP contribution in [0.4, 0.5) is 0 Å². The molecule has 1 aliphatic rings. The van der Waals surface area contributed by atoms with Crippen molar-refractivity contribution in [3.05, 3.63) is 0 Å². The van der Waals surface area contributed by atoms with E-state index in [2.05, 4.69) is 10.6 Å². The molecule has 4 atom stereocenters. The molecule has 0 radical (unpaired) electrons. The Labute approximate surface area is 171 Å². The number of carboxylic acid groups (broad SMARTS) is 1. The summed E-state index contributed by atoms with van der Waals surface area (Å²) in [4.78, 5) is 50.1. The number of aliphatic hydroxyl groups is 1. The van der Waals surface area contributed by atoms with Gasteiger partial charge in [0.05, 0.1) is 12.6 Å². The van der Waals surface area contributed by atoms with Crippen molar-refractivity contribution < 1.29 is 29.4 Å². The fourth-order valence-corrected chi connectivity index (χ4v) is 3.34. The van der Waals surface area contributed by atoms with Crippen LogP contribution in [0.25, 0.3) is 0 Å². The predicted molar refractivity (Wildman–Crippen MR) is 106 cm³/mol. The first kappa shape index (κ1) is 24.8. The van der Waals surface area contributed by atoms with Crippen molar-refractivity contribution in [2.75, 3.05) is 13.2 Å². The summed E-state index contributed by atoms with van der Waals surface area (Å²) in [5, 5.41) is 23.9. The molecule has 0 aliphatic carbocycles. The molecule has 1 saturated heterocycles. The Bertz CT molecular complexity index is 610. The summed E-state index contributed by atoms with van der Waals surface area (Å²) < 4.78 is 0. The molecule has 0 aromatic carbocycles. The van der Waals surface area contributed by atoms with Crippen LogP contribution in [0.15, 0.2) is 0 Å². The lowest BCUT2D eigenvalue weighted by atomic mass is 10.00. The van der Waals surface area contributed by atoms with Crippen molar-refractivity contribution in [3.8, 4) is 0 Å². The normalized spacial score (nSPS) is 19.7. The summed E-state index contributed by atoms with van der Waals surface area (Å²) in [5.41, 5.74) is 5.87. The maximum atomic E-state index is 12.7. The molecule has 1 aliphatic heterocycles. The molecule has 10 nitrogen and oxygen atoms in total. The summed E-state index contributed by atoms with van der Waals surface area (Å²) in [7, 11) is 0. The van der Waals surface area contributed by atoms with Crippen molar-refractivity contribution in [1.82, 2.24) is 15.5 Å². The average Bonchev–Trinajstić information content (AvgIpc) is 3.12. The van der Waals surface area contributed by atoms with Crippen LogP contribution in [0.2, 0.25) is 0 Å². The van der Waals surface area contributed by atoms with E-state index in [4.69, 9.17) is 5.73 Å². The van der Waals surface area contributed by atoms with Gasteiger partial charge >= 0.3 is 5.97 Å². The summed E-state index contributed by atoms with van der Waals surface area (Å²) in [6.07, 6.45) is 1.32. The maximum Gasteiger partial charge on any atom is 0.326 e. The van der Waals surface area contributed by atoms with Gasteiger partial charge in [-0.05, 0) is 31.1 Å². The number of nitrogens with one attached hydrogen (secondary N) is 2. The maximum absolute atomic E-state index is 12.7. The Morgan fingerprint density at radius 2 is 1.72 bits per heavy atom. The van der Waals surface area contributed by atoms with Crippen molar-refractivity contribution >= 4 is 23.7 Å². The number of hydrogen-bond donors (Lipinski definition) is 5. The summed E-state index contributed by atoms with van der Waals surface area (Å²) in [5.74, 6) is -2.96. The molecule has 0 aromatic heterocycles. The van der Waals surface area contributed by atoms with E-state index in [0.29, 0.717) is 19.3 Å². The number of carboxylic acids is 1. The van der Waals surface area contributed by atoms with Gasteiger partial charge in [0.1, 0.15) is 18.1 Å². The lowest BCUT2D eigenvalue weighted by Gasteiger charge is -2.29. The smallest absolute Gasteiger partial charge is 0.326 e. The van der Waals surface area contributed by atoms with Gasteiger partial charge in [-0.2, -0.15) is 0 Å². The first-order valence-electron chi connectivity index (χ1n) is 10.00. The first-order chi connectivity index (χ1) is 13.5. The van der Waals surface area contributed by atoms with E-state index in [9.17, 15) is 29.4 Å². The molecule has 0 aromatic rings. The van der Waals surface area contributed by atoms with Gasteiger partial charge in [0.2, 0.25) is 17.7 Å². The van der Waals surface area contributed by atoms with Crippen LogP contribution in [0.1, 0.15) is 47.0 Å². The predicted octanol–water partition coefficient (Wildman–Crippen LogP) is -0.947. The Kier molecular flexibility index (Phi) is 9.51. The molecule has 1 fully saturated rings. The molecule has 6 N–H and O–H groups in total. The average molecular weight is 415 g/mol. The van der Waals surface area contributed by atoms with Crippen LogP contribution in [0, 0.1) is 11.8 Å². The molecule has 10 heteroatoms. The van der Waals surface area contributed by atoms with Gasteiger partial charge in [0.15, 0.2) is 0 Å². The third-order valence-electron chi connectivity index (χ3n) is 4.93. The van der Waals surface area contributed by atoms with Crippen molar-refractivity contribution in [2.45, 2.75) is 71.1 Å². The van der Waals surface area contributed by atoms with Crippen LogP contribution < -0.4 is 16.4 Å². The van der Waals surface area contributed by atoms with Crippen molar-refractivity contribution in [3.63, 3.8) is 0 Å². The SMILES string of the molecule is CC(C)CC(N)C(=O)NC(C(=O)NC(CO)C(=O)N1CCCC1C(=O)O)C(C)C. The van der Waals surface area contributed by atoms with E-state index in [1.165, 1.54) is 0 Å². The molecule has 3 amide bonds. The minimum absolute atomic E-state index is 0.209. The zero-order chi connectivity index (χ0) is 22.3. The highest BCUT2D eigenvalue weighted by molar-refractivity contribution is 5.94. The van der Waals surface area contributed by atoms with Gasteiger partial charge in [0.25, 0.3) is 0 Å². The quantitative estimate of drug-likeness (QED) is 0.308. The molecule has 1 rings (SSSR count). The van der Waals surface area contributed by atoms with Crippen LogP contribution in [-0.2, 0) is 19.2 Å². The number of amides is 3. The molecule has 0 bridgehead atoms. The Morgan fingerprint density at radius 1 is 1.10 bits per heavy atom. The zero-order valence-electron chi connectivity index (χ0n) is 17.6. The Morgan fingerprint density at radius 3 is 2.21 bits per heavy atom. The minimum Gasteiger partial charge on any atom is -0.480 e. The van der Waals surface area contributed by atoms with E-state index in [-0.39, 0.29) is 18.4 Å². The topological polar surface area (TPSA) is 162 Å². The van der Waals surface area contributed by atoms with Gasteiger partial charge < -0.3 is 31.5 Å². The molecule has 0 spiro atoms. The Hall–Kier alpha value is -2.20. The van der Waals surface area contributed by atoms with Gasteiger partial charge in [-0.15, -0.1) is 0 Å². The number of carbonyl (C=O) groups excluding carboxylic acids is 3. The van der Waals surface area contributed by atoms with E-state index in [1.807, 2.05) is 13.8 Å². The monoisotopic (exact) mass is 414 g/mol. The lowest BCUT2D eigenvalue weighted by Crippen LogP contribution is -2.59. The van der Waals surface area contributed by atoms with Gasteiger partial charge in [-0.25, -0.2) is 4.79 Å². The fraction of sp³-hybridized carbons (Fsp3) is 0.789. The number of nitrogens with two attached hydrogens (primary N) is 1. The van der Waals surface area contributed by atoms with Crippen LogP contribution in [0.3, 0.4) is 0 Å². The number of nitrogens with zero attached hydrogens (tertiary/aromatic N) is 1. The largest absolute Gasteiger partial charge is 0.480 e. The van der Waals surface area contributed by atoms with Gasteiger partial charge in [-0.1, -0.05) is 27.7 Å². The van der Waals surface area contributed by atoms with E-state index in [1.54, 1.807) is 13.8 Å². The number of aliphatic carboxylic acids is 1. The second-order valence-electron chi connectivity index (χ2n) is 8.24. The van der Waals surface area contributed by atoms with E-state index >= 15 is 0 Å². The van der Waals surface area contributed by atoms with E-state index in [0.717, 1.165) is 4.90 Å². The first-order valence-corrected chi connectivity index (χ1v) is 10.00. The number of rotatable bonds is 10. The van der Waals surface area contributed by atoms with Crippen LogP contribution >= 0.6 is 0 Å². The van der Waals surface area contributed by atoms with Gasteiger partial charge in [0, 0.05) is 6.54 Å². The van der Waals surface area contributed by atoms with Crippen molar-refractivity contribution in [1.29, 1.82) is 0 Å². The summed E-state index contributed by atoms with van der Waals surface area (Å²) in [6.45, 7) is 6.89. The van der Waals surface area contributed by atoms with Crippen molar-refractivity contribution in [2.24, 2.45) is 17.6 Å². The molecule has 166 valence electrons. The third kappa shape index (κ3) is 6.97. The van der Waals surface area contributed by atoms with Crippen LogP contribution in [0.5, 0.6) is 0 Å². The molecule has 1 heterocycles. The highest BCUT2D eigenvalue weighted by Gasteiger charge is 2.38. The second kappa shape index (κ2) is 11.1. The fourth-order valence-electron chi connectivity index (χ4n) is 3.34. The molecule has 0 saturated carbocycles. The molecule has 29 heavy (non-hydrogen) atoms. The number of likely N-dealkylation sites (tertiary alicyclic amines) is 1. The lowest BCUT2D eigenvalue weighted by molar-refractivity contribution is -0.150. The summed E-state index contributed by atoms with van der Waals surface area (Å²) in [6, 6.07) is -3.97. The number of hydrogen-bond acceptors (Lipinski definition) is 6. The number of carbonyl (C=O) groups is 4. The third-order valence-corrected chi connectivity index (χ3v) is 4.93. The van der Waals surface area contributed by atoms with Gasteiger partial charge in [-0.3, -0.25) is 14.4 Å². The highest BCUT2D eigenvalue weighted by atomic mass is 16.4. The Balaban J connectivity index is 2.82. The number of aliphatic hydroxyl groups excluding tert-OH is 1. The molecular formula is C19H34N4O6. The van der Waals surface area contributed by atoms with Crippen LogP contribution in [-0.4, -0.2) is 76.1 Å². The molecular weight excluding hydrogens is 380 g/mol. The zero-order valence-corrected chi connectivity index (χ0v) is 17.6.